The van der Waals surface area contributed by atoms with E-state index in [2.05, 4.69) is 28.1 Å². The third-order valence-electron chi connectivity index (χ3n) is 9.44. The van der Waals surface area contributed by atoms with E-state index in [9.17, 15) is 14.4 Å². The third-order valence-corrected chi connectivity index (χ3v) is 9.44. The van der Waals surface area contributed by atoms with Crippen molar-refractivity contribution in [1.29, 1.82) is 0 Å². The smallest absolute Gasteiger partial charge is 0.420 e. The molecule has 1 N–H and O–H groups in total. The molecule has 2 aliphatic rings. The van der Waals surface area contributed by atoms with Gasteiger partial charge < -0.3 is 33.7 Å². The van der Waals surface area contributed by atoms with Crippen LogP contribution < -0.4 is 30.2 Å². The molecule has 2 bridgehead atoms. The zero-order chi connectivity index (χ0) is 33.8. The number of carbonyl (C=O) groups excluding carboxylic acids is 2. The number of piperidine rings is 1. The molecule has 0 saturated carbocycles. The highest BCUT2D eigenvalue weighted by molar-refractivity contribution is 5.92. The van der Waals surface area contributed by atoms with Crippen molar-refractivity contribution >= 4 is 39.6 Å². The van der Waals surface area contributed by atoms with Crippen LogP contribution in [0.1, 0.15) is 31.7 Å². The molecule has 1 unspecified atom stereocenters. The lowest BCUT2D eigenvalue weighted by atomic mass is 9.97. The van der Waals surface area contributed by atoms with Crippen LogP contribution in [-0.4, -0.2) is 98.3 Å². The number of fused-ring (bicyclic) bond motifs is 6. The summed E-state index contributed by atoms with van der Waals surface area (Å²) in [6.07, 6.45) is 2.15. The normalized spacial score (nSPS) is 18.2. The van der Waals surface area contributed by atoms with Gasteiger partial charge in [0.2, 0.25) is 17.6 Å². The van der Waals surface area contributed by atoms with Crippen molar-refractivity contribution in [3.63, 3.8) is 0 Å². The molecular formula is C35H44N6O7. The molecule has 1 atom stereocenters. The number of amides is 2. The Morgan fingerprint density at radius 3 is 2.60 bits per heavy atom. The fourth-order valence-electron chi connectivity index (χ4n) is 6.83. The van der Waals surface area contributed by atoms with Crippen molar-refractivity contribution in [2.45, 2.75) is 39.3 Å². The second-order valence-corrected chi connectivity index (χ2v) is 12.4. The minimum atomic E-state index is -0.585. The summed E-state index contributed by atoms with van der Waals surface area (Å²) in [5, 5.41) is 3.93. The maximum absolute atomic E-state index is 13.8. The van der Waals surface area contributed by atoms with Gasteiger partial charge in [-0.25, -0.2) is 9.78 Å². The standard InChI is InChI=1S/C35H44N6O7/c1-5-38-15-16-39(31(43)22-41-27-10-6-7-11-28(27)48-35(41)44)14-12-30(42)36-19-23-9-8-13-40(20-23)34-24(21-38)17-25-26(37-34)18-29(45-2)33(47-4)32(25)46-3/h6-7,10-11,17-18,23H,5,8-9,12-16,19-22H2,1-4H3,(H,36,42). The van der Waals surface area contributed by atoms with Crippen LogP contribution in [0.4, 0.5) is 5.82 Å². The van der Waals surface area contributed by atoms with Crippen LogP contribution in [0.15, 0.2) is 45.6 Å². The van der Waals surface area contributed by atoms with Crippen LogP contribution in [0.3, 0.4) is 0 Å². The number of para-hydroxylation sites is 2. The number of carbonyl (C=O) groups is 2. The number of hydrogen-bond donors (Lipinski definition) is 1. The van der Waals surface area contributed by atoms with Gasteiger partial charge in [-0.15, -0.1) is 0 Å². The van der Waals surface area contributed by atoms with Gasteiger partial charge in [0.05, 0.1) is 32.4 Å². The third kappa shape index (κ3) is 6.77. The first kappa shape index (κ1) is 33.1. The van der Waals surface area contributed by atoms with E-state index in [-0.39, 0.29) is 37.2 Å². The van der Waals surface area contributed by atoms with Gasteiger partial charge in [-0.05, 0) is 43.5 Å². The molecule has 13 nitrogen and oxygen atoms in total. The fraction of sp³-hybridized carbons (Fsp3) is 0.486. The first-order valence-electron chi connectivity index (χ1n) is 16.6. The van der Waals surface area contributed by atoms with E-state index >= 15 is 0 Å². The second-order valence-electron chi connectivity index (χ2n) is 12.4. The average Bonchev–Trinajstić information content (AvgIpc) is 3.42. The Kier molecular flexibility index (Phi) is 10.0. The Morgan fingerprint density at radius 2 is 1.83 bits per heavy atom. The van der Waals surface area contributed by atoms with Gasteiger partial charge >= 0.3 is 5.76 Å². The number of methoxy groups -OCH3 is 3. The summed E-state index contributed by atoms with van der Waals surface area (Å²) in [6.45, 7) is 6.55. The highest BCUT2D eigenvalue weighted by Crippen LogP contribution is 2.44. The fourth-order valence-corrected chi connectivity index (χ4v) is 6.83. The zero-order valence-corrected chi connectivity index (χ0v) is 28.1. The number of likely N-dealkylation sites (N-methyl/N-ethyl adjacent to an activating group) is 1. The second kappa shape index (κ2) is 14.5. The molecule has 48 heavy (non-hydrogen) atoms. The van der Waals surface area contributed by atoms with Crippen molar-refractivity contribution in [1.82, 2.24) is 24.7 Å². The summed E-state index contributed by atoms with van der Waals surface area (Å²) in [7, 11) is 4.79. The first-order valence-corrected chi connectivity index (χ1v) is 16.6. The molecule has 0 aliphatic carbocycles. The van der Waals surface area contributed by atoms with Gasteiger partial charge in [0, 0.05) is 69.3 Å². The number of ether oxygens (including phenoxy) is 3. The molecule has 4 heterocycles. The number of hydrogen-bond acceptors (Lipinski definition) is 10. The van der Waals surface area contributed by atoms with Crippen LogP contribution in [0.5, 0.6) is 17.2 Å². The number of aromatic nitrogens is 2. The SMILES string of the molecule is CCN1CCN(C(=O)Cn2c(=O)oc3ccccc32)CCC(=O)NCC2CCCN(C2)c2nc3cc(OC)c(OC)c(OC)c3cc2C1. The molecule has 2 amide bonds. The summed E-state index contributed by atoms with van der Waals surface area (Å²) in [6, 6.07) is 11.1. The van der Waals surface area contributed by atoms with Crippen LogP contribution >= 0.6 is 0 Å². The number of anilines is 1. The Hall–Kier alpha value is -4.78. The maximum atomic E-state index is 13.8. The molecule has 6 rings (SSSR count). The van der Waals surface area contributed by atoms with Crippen molar-refractivity contribution in [2.24, 2.45) is 5.92 Å². The summed E-state index contributed by atoms with van der Waals surface area (Å²) in [4.78, 5) is 50.9. The molecule has 1 fully saturated rings. The number of pyridine rings is 1. The van der Waals surface area contributed by atoms with Crippen molar-refractivity contribution in [3.8, 4) is 17.2 Å². The van der Waals surface area contributed by atoms with Crippen molar-refractivity contribution < 1.29 is 28.2 Å². The predicted octanol–water partition coefficient (Wildman–Crippen LogP) is 3.26. The van der Waals surface area contributed by atoms with Gasteiger partial charge in [-0.1, -0.05) is 19.1 Å². The zero-order valence-electron chi connectivity index (χ0n) is 28.1. The molecular weight excluding hydrogens is 616 g/mol. The molecule has 2 aliphatic heterocycles. The van der Waals surface area contributed by atoms with E-state index in [1.165, 1.54) is 4.57 Å². The number of nitrogens with zero attached hydrogens (tertiary/aromatic N) is 5. The van der Waals surface area contributed by atoms with E-state index < -0.39 is 5.76 Å². The van der Waals surface area contributed by atoms with Crippen LogP contribution in [0.2, 0.25) is 0 Å². The first-order chi connectivity index (χ1) is 23.3. The lowest BCUT2D eigenvalue weighted by Crippen LogP contribution is -2.43. The van der Waals surface area contributed by atoms with E-state index in [1.807, 2.05) is 6.07 Å². The number of benzene rings is 2. The minimum absolute atomic E-state index is 0.101. The lowest BCUT2D eigenvalue weighted by Gasteiger charge is -2.35. The van der Waals surface area contributed by atoms with Crippen LogP contribution in [0, 0.1) is 5.92 Å². The molecule has 13 heteroatoms. The summed E-state index contributed by atoms with van der Waals surface area (Å²) < 4.78 is 23.9. The predicted molar refractivity (Wildman–Crippen MR) is 182 cm³/mol. The Balaban J connectivity index is 1.35. The van der Waals surface area contributed by atoms with Gasteiger partial charge in [0.25, 0.3) is 0 Å². The highest BCUT2D eigenvalue weighted by atomic mass is 16.5. The molecule has 2 aromatic heterocycles. The summed E-state index contributed by atoms with van der Waals surface area (Å²) >= 11 is 0. The highest BCUT2D eigenvalue weighted by Gasteiger charge is 2.27. The quantitative estimate of drug-likeness (QED) is 0.329. The monoisotopic (exact) mass is 660 g/mol. The van der Waals surface area contributed by atoms with E-state index in [0.717, 1.165) is 54.8 Å². The maximum Gasteiger partial charge on any atom is 0.420 e. The van der Waals surface area contributed by atoms with Crippen molar-refractivity contribution in [2.75, 3.05) is 72.0 Å². The summed E-state index contributed by atoms with van der Waals surface area (Å²) in [5.41, 5.74) is 2.75. The van der Waals surface area contributed by atoms with E-state index in [1.54, 1.807) is 50.5 Å². The van der Waals surface area contributed by atoms with Gasteiger partial charge in [0.15, 0.2) is 17.1 Å². The molecule has 4 aromatic rings. The summed E-state index contributed by atoms with van der Waals surface area (Å²) in [5.74, 6) is 1.80. The molecule has 2 aromatic carbocycles. The largest absolute Gasteiger partial charge is 0.493 e. The lowest BCUT2D eigenvalue weighted by molar-refractivity contribution is -0.132. The number of rotatable bonds is 6. The van der Waals surface area contributed by atoms with E-state index in [0.29, 0.717) is 54.5 Å². The Morgan fingerprint density at radius 1 is 1.02 bits per heavy atom. The topological polar surface area (TPSA) is 132 Å². The van der Waals surface area contributed by atoms with Crippen molar-refractivity contribution in [3.05, 3.63) is 52.5 Å². The van der Waals surface area contributed by atoms with Gasteiger partial charge in [0.1, 0.15) is 12.4 Å². The molecule has 1 saturated heterocycles. The average molecular weight is 661 g/mol. The van der Waals surface area contributed by atoms with Crippen LogP contribution in [0.25, 0.3) is 22.0 Å². The molecule has 256 valence electrons. The Bertz CT molecular complexity index is 1850. The minimum Gasteiger partial charge on any atom is -0.493 e. The molecule has 0 spiro atoms. The molecule has 0 radical (unpaired) electrons. The number of oxazole rings is 1. The van der Waals surface area contributed by atoms with E-state index in [4.69, 9.17) is 23.6 Å². The van der Waals surface area contributed by atoms with Gasteiger partial charge in [-0.3, -0.25) is 19.1 Å². The Labute approximate surface area is 279 Å². The number of nitrogens with one attached hydrogen (secondary N) is 1. The van der Waals surface area contributed by atoms with Crippen LogP contribution in [-0.2, 0) is 22.7 Å². The van der Waals surface area contributed by atoms with Gasteiger partial charge in [-0.2, -0.15) is 0 Å².